The highest BCUT2D eigenvalue weighted by molar-refractivity contribution is 6.29. The molecule has 0 aliphatic rings. The minimum atomic E-state index is 0.330. The molecule has 0 aliphatic heterocycles. The van der Waals surface area contributed by atoms with Crippen LogP contribution >= 0.6 is 11.6 Å². The topological polar surface area (TPSA) is 64.7 Å². The molecule has 2 aromatic rings. The third-order valence-electron chi connectivity index (χ3n) is 1.63. The monoisotopic (exact) mass is 206 g/mol. The van der Waals surface area contributed by atoms with E-state index in [0.717, 1.165) is 5.56 Å². The highest BCUT2D eigenvalue weighted by Crippen LogP contribution is 2.17. The van der Waals surface area contributed by atoms with E-state index >= 15 is 0 Å². The summed E-state index contributed by atoms with van der Waals surface area (Å²) >= 11 is 5.75. The molecule has 4 nitrogen and oxygen atoms in total. The van der Waals surface area contributed by atoms with Crippen LogP contribution in [-0.2, 0) is 0 Å². The Labute approximate surface area is 85.8 Å². The van der Waals surface area contributed by atoms with E-state index in [4.69, 9.17) is 17.3 Å². The van der Waals surface area contributed by atoms with E-state index < -0.39 is 0 Å². The first-order valence-electron chi connectivity index (χ1n) is 3.96. The van der Waals surface area contributed by atoms with Gasteiger partial charge in [-0.05, 0) is 12.1 Å². The molecule has 0 saturated carbocycles. The summed E-state index contributed by atoms with van der Waals surface area (Å²) in [5.74, 6) is 0.840. The largest absolute Gasteiger partial charge is 0.384 e. The molecule has 2 N–H and O–H groups in total. The fourth-order valence-corrected chi connectivity index (χ4v) is 1.25. The third kappa shape index (κ3) is 1.80. The zero-order valence-corrected chi connectivity index (χ0v) is 7.94. The Kier molecular flexibility index (Phi) is 2.28. The summed E-state index contributed by atoms with van der Waals surface area (Å²) in [6, 6.07) is 5.15. The van der Waals surface area contributed by atoms with E-state index in [9.17, 15) is 0 Å². The predicted octanol–water partition coefficient (Wildman–Crippen LogP) is 1.77. The molecule has 70 valence electrons. The van der Waals surface area contributed by atoms with Gasteiger partial charge in [-0.1, -0.05) is 11.6 Å². The second-order valence-electron chi connectivity index (χ2n) is 2.68. The summed E-state index contributed by atoms with van der Waals surface area (Å²) in [4.78, 5) is 12.0. The Hall–Kier alpha value is -1.68. The lowest BCUT2D eigenvalue weighted by Crippen LogP contribution is -1.95. The normalized spacial score (nSPS) is 10.1. The van der Waals surface area contributed by atoms with Crippen LogP contribution in [0.4, 0.5) is 5.82 Å². The van der Waals surface area contributed by atoms with E-state index in [1.54, 1.807) is 18.5 Å². The van der Waals surface area contributed by atoms with Gasteiger partial charge in [0.05, 0.1) is 0 Å². The Balaban J connectivity index is 2.52. The molecule has 2 heterocycles. The molecule has 0 saturated heterocycles. The minimum Gasteiger partial charge on any atom is -0.384 e. The van der Waals surface area contributed by atoms with Crippen LogP contribution in [0.5, 0.6) is 0 Å². The zero-order valence-electron chi connectivity index (χ0n) is 7.18. The van der Waals surface area contributed by atoms with Gasteiger partial charge in [0.15, 0.2) is 5.82 Å². The smallest absolute Gasteiger partial charge is 0.164 e. The summed E-state index contributed by atoms with van der Waals surface area (Å²) in [5, 5.41) is 0.330. The second-order valence-corrected chi connectivity index (χ2v) is 3.07. The summed E-state index contributed by atoms with van der Waals surface area (Å²) in [7, 11) is 0. The van der Waals surface area contributed by atoms with Gasteiger partial charge < -0.3 is 5.73 Å². The van der Waals surface area contributed by atoms with Crippen LogP contribution in [0.2, 0.25) is 5.15 Å². The molecule has 2 aromatic heterocycles. The maximum Gasteiger partial charge on any atom is 0.164 e. The van der Waals surface area contributed by atoms with Crippen molar-refractivity contribution in [1.29, 1.82) is 0 Å². The van der Waals surface area contributed by atoms with Crippen molar-refractivity contribution >= 4 is 17.4 Å². The zero-order chi connectivity index (χ0) is 9.97. The van der Waals surface area contributed by atoms with Gasteiger partial charge in [-0.15, -0.1) is 0 Å². The van der Waals surface area contributed by atoms with Crippen LogP contribution in [0.1, 0.15) is 0 Å². The molecule has 5 heteroatoms. The number of nitrogens with zero attached hydrogens (tertiary/aromatic N) is 3. The van der Waals surface area contributed by atoms with Crippen molar-refractivity contribution in [3.8, 4) is 11.4 Å². The SMILES string of the molecule is Nc1cc(Cl)nc(-c2cccnc2)n1. The Bertz CT molecular complexity index is 424. The van der Waals surface area contributed by atoms with Gasteiger partial charge in [0, 0.05) is 24.0 Å². The average molecular weight is 207 g/mol. The second kappa shape index (κ2) is 3.59. The molecule has 2 rings (SSSR count). The Morgan fingerprint density at radius 3 is 2.79 bits per heavy atom. The first-order valence-corrected chi connectivity index (χ1v) is 4.34. The molecule has 0 unspecified atom stereocenters. The lowest BCUT2D eigenvalue weighted by molar-refractivity contribution is 1.17. The van der Waals surface area contributed by atoms with Crippen molar-refractivity contribution < 1.29 is 0 Å². The van der Waals surface area contributed by atoms with E-state index in [1.807, 2.05) is 6.07 Å². The molecular formula is C9H7ClN4. The summed E-state index contributed by atoms with van der Waals surface area (Å²) in [5.41, 5.74) is 6.33. The van der Waals surface area contributed by atoms with Gasteiger partial charge in [-0.25, -0.2) is 9.97 Å². The number of rotatable bonds is 1. The van der Waals surface area contributed by atoms with Crippen molar-refractivity contribution in [3.63, 3.8) is 0 Å². The highest BCUT2D eigenvalue weighted by Gasteiger charge is 2.03. The fourth-order valence-electron chi connectivity index (χ4n) is 1.06. The van der Waals surface area contributed by atoms with Gasteiger partial charge in [0.2, 0.25) is 0 Å². The van der Waals surface area contributed by atoms with Crippen LogP contribution in [0, 0.1) is 0 Å². The van der Waals surface area contributed by atoms with E-state index in [2.05, 4.69) is 15.0 Å². The van der Waals surface area contributed by atoms with Crippen molar-refractivity contribution in [2.24, 2.45) is 0 Å². The highest BCUT2D eigenvalue weighted by atomic mass is 35.5. The van der Waals surface area contributed by atoms with Crippen LogP contribution in [0.25, 0.3) is 11.4 Å². The maximum atomic E-state index is 5.75. The summed E-state index contributed by atoms with van der Waals surface area (Å²) in [6.07, 6.45) is 3.34. The molecule has 0 radical (unpaired) electrons. The molecule has 0 aromatic carbocycles. The quantitative estimate of drug-likeness (QED) is 0.723. The van der Waals surface area contributed by atoms with Crippen molar-refractivity contribution in [2.45, 2.75) is 0 Å². The van der Waals surface area contributed by atoms with Crippen LogP contribution in [0.15, 0.2) is 30.6 Å². The molecule has 0 bridgehead atoms. The van der Waals surface area contributed by atoms with Gasteiger partial charge in [-0.3, -0.25) is 4.98 Å². The van der Waals surface area contributed by atoms with Gasteiger partial charge in [0.1, 0.15) is 11.0 Å². The molecule has 0 aliphatic carbocycles. The number of hydrogen-bond acceptors (Lipinski definition) is 4. The number of anilines is 1. The lowest BCUT2D eigenvalue weighted by atomic mass is 10.3. The summed E-state index contributed by atoms with van der Waals surface area (Å²) < 4.78 is 0. The van der Waals surface area contributed by atoms with Crippen LogP contribution < -0.4 is 5.73 Å². The van der Waals surface area contributed by atoms with Gasteiger partial charge >= 0.3 is 0 Å². The molecular weight excluding hydrogens is 200 g/mol. The Morgan fingerprint density at radius 2 is 2.14 bits per heavy atom. The number of hydrogen-bond donors (Lipinski definition) is 1. The molecule has 0 atom stereocenters. The minimum absolute atomic E-state index is 0.330. The van der Waals surface area contributed by atoms with Crippen molar-refractivity contribution in [1.82, 2.24) is 15.0 Å². The number of pyridine rings is 1. The third-order valence-corrected chi connectivity index (χ3v) is 1.83. The van der Waals surface area contributed by atoms with E-state index in [-0.39, 0.29) is 0 Å². The number of aromatic nitrogens is 3. The van der Waals surface area contributed by atoms with Crippen molar-refractivity contribution in [2.75, 3.05) is 5.73 Å². The number of nitrogen functional groups attached to an aromatic ring is 1. The Morgan fingerprint density at radius 1 is 1.29 bits per heavy atom. The van der Waals surface area contributed by atoms with Crippen LogP contribution in [0.3, 0.4) is 0 Å². The molecule has 0 amide bonds. The lowest BCUT2D eigenvalue weighted by Gasteiger charge is -2.00. The molecule has 0 fully saturated rings. The first kappa shape index (κ1) is 8.90. The van der Waals surface area contributed by atoms with Gasteiger partial charge in [-0.2, -0.15) is 0 Å². The standard InChI is InChI=1S/C9H7ClN4/c10-7-4-8(11)14-9(13-7)6-2-1-3-12-5-6/h1-5H,(H2,11,13,14). The number of nitrogens with two attached hydrogens (primary N) is 1. The fraction of sp³-hybridized carbons (Fsp3) is 0. The number of halogens is 1. The van der Waals surface area contributed by atoms with Crippen molar-refractivity contribution in [3.05, 3.63) is 35.7 Å². The van der Waals surface area contributed by atoms with E-state index in [1.165, 1.54) is 6.07 Å². The maximum absolute atomic E-state index is 5.75. The predicted molar refractivity (Wildman–Crippen MR) is 54.7 cm³/mol. The molecule has 0 spiro atoms. The molecule has 14 heavy (non-hydrogen) atoms. The summed E-state index contributed by atoms with van der Waals surface area (Å²) in [6.45, 7) is 0. The van der Waals surface area contributed by atoms with Gasteiger partial charge in [0.25, 0.3) is 0 Å². The average Bonchev–Trinajstić information content (AvgIpc) is 2.18. The van der Waals surface area contributed by atoms with E-state index in [0.29, 0.717) is 16.8 Å². The first-order chi connectivity index (χ1) is 6.75. The van der Waals surface area contributed by atoms with Crippen LogP contribution in [-0.4, -0.2) is 15.0 Å².